The molecule has 1 aromatic rings. The standard InChI is InChI=1S/C11H16N2O3/c1-4-16-11(15)10(8(2)3)13-5-9(6-14)12-7-13/h5-8,10H,4H2,1-3H3. The molecule has 0 aliphatic rings. The first-order valence-electron chi connectivity index (χ1n) is 5.25. The number of imidazole rings is 1. The fourth-order valence-electron chi connectivity index (χ4n) is 1.53. The topological polar surface area (TPSA) is 61.2 Å². The zero-order valence-electron chi connectivity index (χ0n) is 9.71. The zero-order chi connectivity index (χ0) is 12.1. The largest absolute Gasteiger partial charge is 0.464 e. The van der Waals surface area contributed by atoms with Crippen molar-refractivity contribution in [1.82, 2.24) is 9.55 Å². The average molecular weight is 224 g/mol. The van der Waals surface area contributed by atoms with Gasteiger partial charge >= 0.3 is 5.97 Å². The van der Waals surface area contributed by atoms with Crippen molar-refractivity contribution in [3.63, 3.8) is 0 Å². The van der Waals surface area contributed by atoms with Gasteiger partial charge in [0, 0.05) is 6.20 Å². The van der Waals surface area contributed by atoms with Crippen molar-refractivity contribution in [2.45, 2.75) is 26.8 Å². The molecule has 0 amide bonds. The van der Waals surface area contributed by atoms with E-state index in [0.717, 1.165) is 0 Å². The number of esters is 1. The molecule has 0 radical (unpaired) electrons. The quantitative estimate of drug-likeness (QED) is 0.561. The van der Waals surface area contributed by atoms with E-state index < -0.39 is 6.04 Å². The molecule has 0 bridgehead atoms. The van der Waals surface area contributed by atoms with Crippen LogP contribution in [-0.4, -0.2) is 28.4 Å². The summed E-state index contributed by atoms with van der Waals surface area (Å²) in [5.74, 6) is -0.222. The van der Waals surface area contributed by atoms with Crippen LogP contribution in [0.15, 0.2) is 12.5 Å². The lowest BCUT2D eigenvalue weighted by atomic mass is 10.0. The Balaban J connectivity index is 2.93. The van der Waals surface area contributed by atoms with Gasteiger partial charge in [0.1, 0.15) is 11.7 Å². The normalized spacial score (nSPS) is 12.5. The molecule has 1 heterocycles. The summed E-state index contributed by atoms with van der Waals surface area (Å²) in [6, 6.07) is -0.429. The van der Waals surface area contributed by atoms with Crippen LogP contribution in [0.5, 0.6) is 0 Å². The molecule has 0 saturated heterocycles. The lowest BCUT2D eigenvalue weighted by molar-refractivity contribution is -0.148. The lowest BCUT2D eigenvalue weighted by Gasteiger charge is -2.20. The second kappa shape index (κ2) is 5.44. The van der Waals surface area contributed by atoms with E-state index in [-0.39, 0.29) is 11.9 Å². The first kappa shape index (κ1) is 12.4. The molecule has 0 N–H and O–H groups in total. The molecule has 88 valence electrons. The Morgan fingerprint density at radius 2 is 2.31 bits per heavy atom. The summed E-state index contributed by atoms with van der Waals surface area (Å²) in [5, 5.41) is 0. The molecule has 1 aromatic heterocycles. The third kappa shape index (κ3) is 2.68. The number of aldehydes is 1. The van der Waals surface area contributed by atoms with Crippen molar-refractivity contribution in [3.8, 4) is 0 Å². The highest BCUT2D eigenvalue weighted by atomic mass is 16.5. The number of hydrogen-bond acceptors (Lipinski definition) is 4. The molecule has 5 heteroatoms. The van der Waals surface area contributed by atoms with E-state index in [1.54, 1.807) is 17.7 Å². The maximum Gasteiger partial charge on any atom is 0.329 e. The second-order valence-electron chi connectivity index (χ2n) is 3.80. The van der Waals surface area contributed by atoms with Crippen molar-refractivity contribution in [3.05, 3.63) is 18.2 Å². The van der Waals surface area contributed by atoms with E-state index in [1.807, 2.05) is 13.8 Å². The Morgan fingerprint density at radius 3 is 2.75 bits per heavy atom. The first-order valence-corrected chi connectivity index (χ1v) is 5.25. The summed E-state index contributed by atoms with van der Waals surface area (Å²) < 4.78 is 6.60. The summed E-state index contributed by atoms with van der Waals surface area (Å²) in [4.78, 5) is 26.1. The summed E-state index contributed by atoms with van der Waals surface area (Å²) in [7, 11) is 0. The van der Waals surface area contributed by atoms with Crippen LogP contribution in [0.4, 0.5) is 0 Å². The third-order valence-corrected chi connectivity index (χ3v) is 2.22. The third-order valence-electron chi connectivity index (χ3n) is 2.22. The van der Waals surface area contributed by atoms with Crippen molar-refractivity contribution in [2.24, 2.45) is 5.92 Å². The SMILES string of the molecule is CCOC(=O)C(C(C)C)n1cnc(C=O)c1. The van der Waals surface area contributed by atoms with Gasteiger partial charge in [0.25, 0.3) is 0 Å². The smallest absolute Gasteiger partial charge is 0.329 e. The van der Waals surface area contributed by atoms with Crippen molar-refractivity contribution in [1.29, 1.82) is 0 Å². The molecule has 0 spiro atoms. The minimum atomic E-state index is -0.429. The van der Waals surface area contributed by atoms with Crippen LogP contribution in [-0.2, 0) is 9.53 Å². The Hall–Kier alpha value is -1.65. The summed E-state index contributed by atoms with van der Waals surface area (Å²) in [5.41, 5.74) is 0.315. The molecule has 0 fully saturated rings. The molecule has 1 atom stereocenters. The number of aromatic nitrogens is 2. The molecule has 16 heavy (non-hydrogen) atoms. The van der Waals surface area contributed by atoms with Gasteiger partial charge in [0.2, 0.25) is 0 Å². The van der Waals surface area contributed by atoms with Crippen LogP contribution in [0.2, 0.25) is 0 Å². The fourth-order valence-corrected chi connectivity index (χ4v) is 1.53. The van der Waals surface area contributed by atoms with Gasteiger partial charge in [-0.05, 0) is 12.8 Å². The molecule has 5 nitrogen and oxygen atoms in total. The molecular weight excluding hydrogens is 208 g/mol. The highest BCUT2D eigenvalue weighted by Crippen LogP contribution is 2.19. The van der Waals surface area contributed by atoms with E-state index in [0.29, 0.717) is 18.6 Å². The van der Waals surface area contributed by atoms with E-state index >= 15 is 0 Å². The Kier molecular flexibility index (Phi) is 4.22. The van der Waals surface area contributed by atoms with Crippen LogP contribution >= 0.6 is 0 Å². The molecule has 1 unspecified atom stereocenters. The van der Waals surface area contributed by atoms with Crippen LogP contribution < -0.4 is 0 Å². The Morgan fingerprint density at radius 1 is 1.62 bits per heavy atom. The number of carbonyl (C=O) groups is 2. The lowest BCUT2D eigenvalue weighted by Crippen LogP contribution is -2.25. The molecule has 0 saturated carbocycles. The number of ether oxygens (including phenoxy) is 1. The second-order valence-corrected chi connectivity index (χ2v) is 3.80. The van der Waals surface area contributed by atoms with Crippen molar-refractivity contribution >= 4 is 12.3 Å². The van der Waals surface area contributed by atoms with Crippen molar-refractivity contribution < 1.29 is 14.3 Å². The predicted octanol–water partition coefficient (Wildman–Crippen LogP) is 1.46. The number of rotatable bonds is 5. The average Bonchev–Trinajstić information content (AvgIpc) is 2.66. The molecular formula is C11H16N2O3. The molecule has 0 aromatic carbocycles. The number of carbonyl (C=O) groups excluding carboxylic acids is 2. The summed E-state index contributed by atoms with van der Waals surface area (Å²) >= 11 is 0. The minimum absolute atomic E-state index is 0.0766. The maximum atomic E-state index is 11.7. The van der Waals surface area contributed by atoms with E-state index in [9.17, 15) is 9.59 Å². The molecule has 1 rings (SSSR count). The molecule has 0 aliphatic carbocycles. The fraction of sp³-hybridized carbons (Fsp3) is 0.545. The predicted molar refractivity (Wildman–Crippen MR) is 58.1 cm³/mol. The van der Waals surface area contributed by atoms with Gasteiger partial charge in [0.05, 0.1) is 12.9 Å². The monoisotopic (exact) mass is 224 g/mol. The van der Waals surface area contributed by atoms with Crippen molar-refractivity contribution in [2.75, 3.05) is 6.61 Å². The van der Waals surface area contributed by atoms with Crippen LogP contribution in [0, 0.1) is 5.92 Å². The van der Waals surface area contributed by atoms with Crippen LogP contribution in [0.25, 0.3) is 0 Å². The summed E-state index contributed by atoms with van der Waals surface area (Å²) in [6.07, 6.45) is 3.68. The highest BCUT2D eigenvalue weighted by Gasteiger charge is 2.25. The highest BCUT2D eigenvalue weighted by molar-refractivity contribution is 5.75. The Labute approximate surface area is 94.4 Å². The number of hydrogen-bond donors (Lipinski definition) is 0. The van der Waals surface area contributed by atoms with Gasteiger partial charge in [-0.3, -0.25) is 4.79 Å². The van der Waals surface area contributed by atoms with Gasteiger partial charge in [-0.25, -0.2) is 9.78 Å². The van der Waals surface area contributed by atoms with Gasteiger partial charge in [-0.15, -0.1) is 0 Å². The van der Waals surface area contributed by atoms with Gasteiger partial charge in [-0.2, -0.15) is 0 Å². The minimum Gasteiger partial charge on any atom is -0.464 e. The van der Waals surface area contributed by atoms with E-state index in [1.165, 1.54) is 6.33 Å². The van der Waals surface area contributed by atoms with Gasteiger partial charge < -0.3 is 9.30 Å². The van der Waals surface area contributed by atoms with Gasteiger partial charge in [0.15, 0.2) is 6.29 Å². The Bertz CT molecular complexity index is 371. The molecule has 0 aliphatic heterocycles. The maximum absolute atomic E-state index is 11.7. The zero-order valence-corrected chi connectivity index (χ0v) is 9.71. The van der Waals surface area contributed by atoms with Crippen LogP contribution in [0.1, 0.15) is 37.3 Å². The number of nitrogens with zero attached hydrogens (tertiary/aromatic N) is 2. The van der Waals surface area contributed by atoms with E-state index in [4.69, 9.17) is 4.74 Å². The van der Waals surface area contributed by atoms with E-state index in [2.05, 4.69) is 4.98 Å². The van der Waals surface area contributed by atoms with Crippen LogP contribution in [0.3, 0.4) is 0 Å². The van der Waals surface area contributed by atoms with Gasteiger partial charge in [-0.1, -0.05) is 13.8 Å². The summed E-state index contributed by atoms with van der Waals surface area (Å²) in [6.45, 7) is 5.95. The first-order chi connectivity index (χ1) is 7.60.